The summed E-state index contributed by atoms with van der Waals surface area (Å²) in [5.41, 5.74) is 0.594. The van der Waals surface area contributed by atoms with Crippen LogP contribution in [-0.2, 0) is 11.3 Å². The van der Waals surface area contributed by atoms with Crippen molar-refractivity contribution in [1.29, 1.82) is 0 Å². The van der Waals surface area contributed by atoms with Crippen LogP contribution >= 0.6 is 0 Å². The first kappa shape index (κ1) is 20.4. The van der Waals surface area contributed by atoms with Crippen molar-refractivity contribution in [2.45, 2.75) is 25.8 Å². The summed E-state index contributed by atoms with van der Waals surface area (Å²) in [6.07, 6.45) is 0.442. The predicted molar refractivity (Wildman–Crippen MR) is 96.8 cm³/mol. The van der Waals surface area contributed by atoms with Crippen LogP contribution in [0.1, 0.15) is 28.9 Å². The summed E-state index contributed by atoms with van der Waals surface area (Å²) in [6, 6.07) is 4.37. The number of rotatable bonds is 9. The number of amides is 2. The topological polar surface area (TPSA) is 115 Å². The molecule has 0 bridgehead atoms. The molecular weight excluding hydrogens is 388 g/mol. The van der Waals surface area contributed by atoms with Gasteiger partial charge in [0, 0.05) is 30.3 Å². The van der Waals surface area contributed by atoms with Crippen molar-refractivity contribution in [2.24, 2.45) is 5.92 Å². The zero-order valence-corrected chi connectivity index (χ0v) is 15.5. The van der Waals surface area contributed by atoms with Crippen molar-refractivity contribution in [2.75, 3.05) is 19.0 Å². The predicted octanol–water partition coefficient (Wildman–Crippen LogP) is 1.80. The fourth-order valence-electron chi connectivity index (χ4n) is 2.36. The molecule has 0 spiro atoms. The molecular formula is C18H19F2N5O4. The molecule has 3 rings (SSSR count). The first-order valence-corrected chi connectivity index (χ1v) is 8.83. The molecule has 2 amide bonds. The molecule has 0 saturated heterocycles. The summed E-state index contributed by atoms with van der Waals surface area (Å²) in [7, 11) is 1.36. The quantitative estimate of drug-likeness (QED) is 0.651. The summed E-state index contributed by atoms with van der Waals surface area (Å²) < 4.78 is 34.4. The molecule has 2 heterocycles. The largest absolute Gasteiger partial charge is 0.481 e. The second-order valence-electron chi connectivity index (χ2n) is 6.23. The minimum atomic E-state index is -2.62. The van der Waals surface area contributed by atoms with E-state index in [2.05, 4.69) is 25.6 Å². The number of alkyl halides is 2. The Morgan fingerprint density at radius 2 is 2.03 bits per heavy atom. The normalized spacial score (nSPS) is 13.1. The number of pyridine rings is 1. The van der Waals surface area contributed by atoms with Gasteiger partial charge in [0.1, 0.15) is 5.69 Å². The number of aromatic nitrogens is 3. The standard InChI is InChI=1S/C18H19F2N5O4/c1-28-17-11(4-5-14(24-17)29-9-13(19)20)8-22-16(27)12-6-7-21-18(23-12)25-15(26)10-2-3-10/h4-7,10,13H,2-3,8-9H2,1H3,(H,22,27)(H,21,23,25,26). The summed E-state index contributed by atoms with van der Waals surface area (Å²) in [6.45, 7) is -0.725. The lowest BCUT2D eigenvalue weighted by molar-refractivity contribution is -0.117. The van der Waals surface area contributed by atoms with Gasteiger partial charge in [0.15, 0.2) is 6.61 Å². The number of halogens is 2. The molecule has 0 atom stereocenters. The highest BCUT2D eigenvalue weighted by Gasteiger charge is 2.30. The van der Waals surface area contributed by atoms with Crippen molar-refractivity contribution >= 4 is 17.8 Å². The summed E-state index contributed by atoms with van der Waals surface area (Å²) in [4.78, 5) is 36.1. The van der Waals surface area contributed by atoms with E-state index in [1.165, 1.54) is 25.4 Å². The number of methoxy groups -OCH3 is 1. The highest BCUT2D eigenvalue weighted by molar-refractivity contribution is 5.94. The maximum Gasteiger partial charge on any atom is 0.272 e. The Morgan fingerprint density at radius 1 is 1.24 bits per heavy atom. The number of carbonyl (C=O) groups is 2. The second-order valence-corrected chi connectivity index (χ2v) is 6.23. The molecule has 2 N–H and O–H groups in total. The Kier molecular flexibility index (Phi) is 6.47. The van der Waals surface area contributed by atoms with Crippen molar-refractivity contribution in [3.05, 3.63) is 35.7 Å². The van der Waals surface area contributed by atoms with Crippen LogP contribution in [0.5, 0.6) is 11.8 Å². The van der Waals surface area contributed by atoms with Crippen LogP contribution in [0.15, 0.2) is 24.4 Å². The van der Waals surface area contributed by atoms with E-state index in [-0.39, 0.29) is 41.8 Å². The third-order valence-corrected chi connectivity index (χ3v) is 3.97. The van der Waals surface area contributed by atoms with E-state index in [1.807, 2.05) is 0 Å². The fraction of sp³-hybridized carbons (Fsp3) is 0.389. The molecule has 11 heteroatoms. The molecule has 154 valence electrons. The summed E-state index contributed by atoms with van der Waals surface area (Å²) in [5.74, 6) is -0.471. The smallest absolute Gasteiger partial charge is 0.272 e. The van der Waals surface area contributed by atoms with Gasteiger partial charge in [-0.1, -0.05) is 0 Å². The molecule has 9 nitrogen and oxygen atoms in total. The average molecular weight is 407 g/mol. The van der Waals surface area contributed by atoms with Crippen LogP contribution in [0, 0.1) is 5.92 Å². The molecule has 0 aromatic carbocycles. The Morgan fingerprint density at radius 3 is 2.72 bits per heavy atom. The van der Waals surface area contributed by atoms with Gasteiger partial charge in [-0.3, -0.25) is 14.9 Å². The fourth-order valence-corrected chi connectivity index (χ4v) is 2.36. The molecule has 0 aliphatic heterocycles. The summed E-state index contributed by atoms with van der Waals surface area (Å²) in [5, 5.41) is 5.23. The number of hydrogen-bond donors (Lipinski definition) is 2. The highest BCUT2D eigenvalue weighted by Crippen LogP contribution is 2.29. The average Bonchev–Trinajstić information content (AvgIpc) is 3.56. The first-order chi connectivity index (χ1) is 14.0. The molecule has 1 fully saturated rings. The Bertz CT molecular complexity index is 892. The lowest BCUT2D eigenvalue weighted by Crippen LogP contribution is -2.25. The summed E-state index contributed by atoms with van der Waals surface area (Å²) >= 11 is 0. The minimum absolute atomic E-state index is 0.0101. The van der Waals surface area contributed by atoms with Crippen LogP contribution in [0.4, 0.5) is 14.7 Å². The zero-order chi connectivity index (χ0) is 20.8. The van der Waals surface area contributed by atoms with Crippen molar-refractivity contribution in [1.82, 2.24) is 20.3 Å². The molecule has 29 heavy (non-hydrogen) atoms. The van der Waals surface area contributed by atoms with Gasteiger partial charge >= 0.3 is 0 Å². The van der Waals surface area contributed by atoms with Gasteiger partial charge in [0.05, 0.1) is 7.11 Å². The number of anilines is 1. The number of nitrogens with zero attached hydrogens (tertiary/aromatic N) is 3. The van der Waals surface area contributed by atoms with E-state index < -0.39 is 18.9 Å². The molecule has 2 aromatic heterocycles. The van der Waals surface area contributed by atoms with Crippen LogP contribution < -0.4 is 20.1 Å². The van der Waals surface area contributed by atoms with Crippen LogP contribution in [0.3, 0.4) is 0 Å². The molecule has 1 aliphatic rings. The lowest BCUT2D eigenvalue weighted by atomic mass is 10.2. The van der Waals surface area contributed by atoms with Gasteiger partial charge in [-0.25, -0.2) is 18.7 Å². The molecule has 2 aromatic rings. The van der Waals surface area contributed by atoms with Crippen LogP contribution in [0.2, 0.25) is 0 Å². The Balaban J connectivity index is 1.60. The molecule has 1 aliphatic carbocycles. The second kappa shape index (κ2) is 9.22. The zero-order valence-electron chi connectivity index (χ0n) is 15.5. The molecule has 1 saturated carbocycles. The molecule has 0 radical (unpaired) electrons. The van der Waals surface area contributed by atoms with Gasteiger partial charge < -0.3 is 14.8 Å². The van der Waals surface area contributed by atoms with Gasteiger partial charge in [0.2, 0.25) is 23.6 Å². The van der Waals surface area contributed by atoms with E-state index >= 15 is 0 Å². The maximum atomic E-state index is 12.4. The maximum absolute atomic E-state index is 12.4. The van der Waals surface area contributed by atoms with Gasteiger partial charge in [-0.2, -0.15) is 4.98 Å². The Labute approximate surface area is 164 Å². The van der Waals surface area contributed by atoms with Crippen molar-refractivity contribution in [3.63, 3.8) is 0 Å². The minimum Gasteiger partial charge on any atom is -0.481 e. The van der Waals surface area contributed by atoms with E-state index in [1.54, 1.807) is 6.07 Å². The highest BCUT2D eigenvalue weighted by atomic mass is 19.3. The number of ether oxygens (including phenoxy) is 2. The van der Waals surface area contributed by atoms with Crippen LogP contribution in [-0.4, -0.2) is 46.9 Å². The molecule has 0 unspecified atom stereocenters. The van der Waals surface area contributed by atoms with E-state index in [9.17, 15) is 18.4 Å². The third kappa shape index (κ3) is 5.80. The monoisotopic (exact) mass is 407 g/mol. The number of carbonyl (C=O) groups excluding carboxylic acids is 2. The van der Waals surface area contributed by atoms with E-state index in [4.69, 9.17) is 9.47 Å². The first-order valence-electron chi connectivity index (χ1n) is 8.83. The van der Waals surface area contributed by atoms with Crippen molar-refractivity contribution < 1.29 is 27.8 Å². The Hall–Kier alpha value is -3.37. The number of nitrogens with one attached hydrogen (secondary N) is 2. The van der Waals surface area contributed by atoms with Gasteiger partial charge in [-0.15, -0.1) is 0 Å². The SMILES string of the molecule is COc1nc(OCC(F)F)ccc1CNC(=O)c1ccnc(NC(=O)C2CC2)n1. The van der Waals surface area contributed by atoms with E-state index in [0.29, 0.717) is 5.56 Å². The number of hydrogen-bond acceptors (Lipinski definition) is 7. The lowest BCUT2D eigenvalue weighted by Gasteiger charge is -2.11. The van der Waals surface area contributed by atoms with E-state index in [0.717, 1.165) is 12.8 Å². The third-order valence-electron chi connectivity index (χ3n) is 3.97. The van der Waals surface area contributed by atoms with Crippen LogP contribution in [0.25, 0.3) is 0 Å². The van der Waals surface area contributed by atoms with Gasteiger partial charge in [0.25, 0.3) is 12.3 Å². The van der Waals surface area contributed by atoms with Crippen molar-refractivity contribution in [3.8, 4) is 11.8 Å². The van der Waals surface area contributed by atoms with Gasteiger partial charge in [-0.05, 0) is 25.0 Å².